The fraction of sp³-hybridized carbons (Fsp3) is 0.280. The molecule has 1 atom stereocenters. The van der Waals surface area contributed by atoms with Crippen molar-refractivity contribution in [2.24, 2.45) is 0 Å². The number of ether oxygens (including phenoxy) is 1. The Balaban J connectivity index is 1.75. The van der Waals surface area contributed by atoms with E-state index in [-0.39, 0.29) is 34.7 Å². The fourth-order valence-electron chi connectivity index (χ4n) is 3.23. The van der Waals surface area contributed by atoms with Crippen molar-refractivity contribution in [1.82, 2.24) is 5.32 Å². The number of hydrogen-bond donors (Lipinski definition) is 1. The Morgan fingerprint density at radius 1 is 0.970 bits per heavy atom. The van der Waals surface area contributed by atoms with Gasteiger partial charge < -0.3 is 14.5 Å². The number of esters is 1. The van der Waals surface area contributed by atoms with Crippen LogP contribution in [0.15, 0.2) is 76.0 Å². The smallest absolute Gasteiger partial charge is 0.308 e. The molecule has 0 radical (unpaired) electrons. The summed E-state index contributed by atoms with van der Waals surface area (Å²) >= 11 is 0. The molecular weight excluding hydrogens is 442 g/mol. The van der Waals surface area contributed by atoms with Crippen LogP contribution in [0.25, 0.3) is 0 Å². The molecule has 7 nitrogen and oxygen atoms in total. The number of aryl methyl sites for hydroxylation is 1. The minimum Gasteiger partial charge on any atom is -0.463 e. The SMILES string of the molecule is Cc1ccc(C(CC(=O)OC(C)C)NC(=O)c2ccc(CS(=O)(=O)c3ccccc3)o2)cc1. The van der Waals surface area contributed by atoms with E-state index in [0.29, 0.717) is 0 Å². The van der Waals surface area contributed by atoms with E-state index in [1.165, 1.54) is 24.3 Å². The van der Waals surface area contributed by atoms with Gasteiger partial charge in [-0.1, -0.05) is 48.0 Å². The van der Waals surface area contributed by atoms with Crippen LogP contribution in [-0.4, -0.2) is 26.4 Å². The second-order valence-corrected chi connectivity index (χ2v) is 10.0. The highest BCUT2D eigenvalue weighted by atomic mass is 32.2. The normalized spacial score (nSPS) is 12.4. The average molecular weight is 470 g/mol. The van der Waals surface area contributed by atoms with E-state index in [1.807, 2.05) is 31.2 Å². The molecule has 1 N–H and O–H groups in total. The molecule has 0 bridgehead atoms. The van der Waals surface area contributed by atoms with E-state index in [0.717, 1.165) is 11.1 Å². The lowest BCUT2D eigenvalue weighted by molar-refractivity contribution is -0.147. The summed E-state index contributed by atoms with van der Waals surface area (Å²) in [5, 5.41) is 2.80. The second kappa shape index (κ2) is 10.5. The molecule has 3 rings (SSSR count). The highest BCUT2D eigenvalue weighted by Crippen LogP contribution is 2.21. The van der Waals surface area contributed by atoms with Crippen LogP contribution in [0.4, 0.5) is 0 Å². The van der Waals surface area contributed by atoms with Crippen LogP contribution in [-0.2, 0) is 25.1 Å². The van der Waals surface area contributed by atoms with Crippen LogP contribution in [0.3, 0.4) is 0 Å². The number of hydrogen-bond acceptors (Lipinski definition) is 6. The zero-order chi connectivity index (χ0) is 24.0. The fourth-order valence-corrected chi connectivity index (χ4v) is 4.50. The third-order valence-corrected chi connectivity index (χ3v) is 6.50. The maximum absolute atomic E-state index is 12.8. The third kappa shape index (κ3) is 6.79. The zero-order valence-electron chi connectivity index (χ0n) is 18.8. The maximum Gasteiger partial charge on any atom is 0.308 e. The predicted molar refractivity (Wildman–Crippen MR) is 123 cm³/mol. The first-order valence-corrected chi connectivity index (χ1v) is 12.2. The first-order chi connectivity index (χ1) is 15.6. The zero-order valence-corrected chi connectivity index (χ0v) is 19.6. The van der Waals surface area contributed by atoms with Crippen LogP contribution >= 0.6 is 0 Å². The first-order valence-electron chi connectivity index (χ1n) is 10.6. The lowest BCUT2D eigenvalue weighted by atomic mass is 10.0. The molecule has 0 fully saturated rings. The largest absolute Gasteiger partial charge is 0.463 e. The molecule has 0 aliphatic heterocycles. The molecule has 1 aromatic heterocycles. The summed E-state index contributed by atoms with van der Waals surface area (Å²) in [6.07, 6.45) is -0.325. The van der Waals surface area contributed by atoms with E-state index in [1.54, 1.807) is 32.0 Å². The number of sulfone groups is 1. The van der Waals surface area contributed by atoms with E-state index in [9.17, 15) is 18.0 Å². The molecule has 174 valence electrons. The van der Waals surface area contributed by atoms with Gasteiger partial charge in [0.1, 0.15) is 11.5 Å². The molecule has 0 saturated carbocycles. The van der Waals surface area contributed by atoms with Crippen LogP contribution in [0, 0.1) is 6.92 Å². The Morgan fingerprint density at radius 3 is 2.27 bits per heavy atom. The first kappa shape index (κ1) is 24.3. The van der Waals surface area contributed by atoms with Gasteiger partial charge in [0.2, 0.25) is 0 Å². The van der Waals surface area contributed by atoms with Crippen molar-refractivity contribution in [2.75, 3.05) is 0 Å². The average Bonchev–Trinajstić information content (AvgIpc) is 3.22. The summed E-state index contributed by atoms with van der Waals surface area (Å²) in [5.41, 5.74) is 1.79. The van der Waals surface area contributed by atoms with Crippen molar-refractivity contribution in [2.45, 2.75) is 50.0 Å². The lowest BCUT2D eigenvalue weighted by Crippen LogP contribution is -2.31. The topological polar surface area (TPSA) is 103 Å². The molecule has 33 heavy (non-hydrogen) atoms. The van der Waals surface area contributed by atoms with Crippen molar-refractivity contribution < 1.29 is 27.2 Å². The summed E-state index contributed by atoms with van der Waals surface area (Å²) < 4.78 is 35.9. The molecule has 0 saturated heterocycles. The van der Waals surface area contributed by atoms with Gasteiger partial charge in [0.15, 0.2) is 15.6 Å². The van der Waals surface area contributed by atoms with Crippen molar-refractivity contribution in [1.29, 1.82) is 0 Å². The quantitative estimate of drug-likeness (QED) is 0.467. The standard InChI is InChI=1S/C25H27NO6S/c1-17(2)31-24(27)15-22(19-11-9-18(3)10-12-19)26-25(28)23-14-13-20(32-23)16-33(29,30)21-7-5-4-6-8-21/h4-14,17,22H,15-16H2,1-3H3,(H,26,28). The second-order valence-electron chi connectivity index (χ2n) is 8.02. The Hall–Kier alpha value is -3.39. The van der Waals surface area contributed by atoms with Crippen LogP contribution < -0.4 is 5.32 Å². The van der Waals surface area contributed by atoms with Crippen LogP contribution in [0.5, 0.6) is 0 Å². The van der Waals surface area contributed by atoms with Crippen LogP contribution in [0.1, 0.15) is 53.8 Å². The lowest BCUT2D eigenvalue weighted by Gasteiger charge is -2.19. The number of furan rings is 1. The highest BCUT2D eigenvalue weighted by molar-refractivity contribution is 7.90. The Morgan fingerprint density at radius 2 is 1.64 bits per heavy atom. The molecule has 0 aliphatic carbocycles. The number of nitrogens with one attached hydrogen (secondary N) is 1. The van der Waals surface area contributed by atoms with Gasteiger partial charge in [0.05, 0.1) is 23.5 Å². The molecule has 8 heteroatoms. The summed E-state index contributed by atoms with van der Waals surface area (Å²) in [5.74, 6) is -1.25. The van der Waals surface area contributed by atoms with Gasteiger partial charge in [0, 0.05) is 0 Å². The van der Waals surface area contributed by atoms with Gasteiger partial charge in [-0.3, -0.25) is 9.59 Å². The molecule has 0 aliphatic rings. The van der Waals surface area contributed by atoms with Crippen molar-refractivity contribution in [3.8, 4) is 0 Å². The number of carbonyl (C=O) groups is 2. The molecule has 0 spiro atoms. The van der Waals surface area contributed by atoms with Gasteiger partial charge in [-0.15, -0.1) is 0 Å². The minimum atomic E-state index is -3.61. The predicted octanol–water partition coefficient (Wildman–Crippen LogP) is 4.37. The van der Waals surface area contributed by atoms with Crippen molar-refractivity contribution in [3.63, 3.8) is 0 Å². The number of amides is 1. The van der Waals surface area contributed by atoms with E-state index in [4.69, 9.17) is 9.15 Å². The van der Waals surface area contributed by atoms with Crippen molar-refractivity contribution >= 4 is 21.7 Å². The Bertz CT molecular complexity index is 1200. The van der Waals surface area contributed by atoms with Crippen LogP contribution in [0.2, 0.25) is 0 Å². The van der Waals surface area contributed by atoms with Gasteiger partial charge in [-0.05, 0) is 50.6 Å². The maximum atomic E-state index is 12.8. The Labute approximate surface area is 193 Å². The molecular formula is C25H27NO6S. The number of benzene rings is 2. The minimum absolute atomic E-state index is 0.0393. The molecule has 3 aromatic rings. The monoisotopic (exact) mass is 469 g/mol. The molecule has 1 amide bonds. The van der Waals surface area contributed by atoms with Gasteiger partial charge in [-0.25, -0.2) is 8.42 Å². The van der Waals surface area contributed by atoms with E-state index in [2.05, 4.69) is 5.32 Å². The van der Waals surface area contributed by atoms with E-state index < -0.39 is 27.8 Å². The molecule has 1 heterocycles. The third-order valence-electron chi connectivity index (χ3n) is 4.84. The van der Waals surface area contributed by atoms with E-state index >= 15 is 0 Å². The number of carbonyl (C=O) groups excluding carboxylic acids is 2. The summed E-state index contributed by atoms with van der Waals surface area (Å²) in [7, 11) is -3.61. The number of rotatable bonds is 9. The van der Waals surface area contributed by atoms with Gasteiger partial charge >= 0.3 is 5.97 Å². The molecule has 1 unspecified atom stereocenters. The molecule has 2 aromatic carbocycles. The summed E-state index contributed by atoms with van der Waals surface area (Å²) in [6.45, 7) is 5.45. The van der Waals surface area contributed by atoms with Gasteiger partial charge in [0.25, 0.3) is 5.91 Å². The van der Waals surface area contributed by atoms with Crippen molar-refractivity contribution in [3.05, 3.63) is 89.4 Å². The van der Waals surface area contributed by atoms with Gasteiger partial charge in [-0.2, -0.15) is 0 Å². The summed E-state index contributed by atoms with van der Waals surface area (Å²) in [6, 6.07) is 17.7. The summed E-state index contributed by atoms with van der Waals surface area (Å²) in [4.78, 5) is 25.3. The highest BCUT2D eigenvalue weighted by Gasteiger charge is 2.23. The Kier molecular flexibility index (Phi) is 7.71.